The molecule has 1 amide bonds. The molecule has 0 aliphatic heterocycles. The van der Waals surface area contributed by atoms with Crippen LogP contribution in [-0.4, -0.2) is 25.4 Å². The first-order chi connectivity index (χ1) is 11.2. The molecule has 24 heavy (non-hydrogen) atoms. The van der Waals surface area contributed by atoms with Crippen molar-refractivity contribution < 1.29 is 27.4 Å². The number of hydroxylamine groups is 1. The monoisotopic (exact) mass is 419 g/mol. The molecule has 7 nitrogen and oxygen atoms in total. The number of benzene rings is 1. The van der Waals surface area contributed by atoms with Gasteiger partial charge in [-0.15, -0.1) is 4.28 Å². The van der Waals surface area contributed by atoms with Crippen LogP contribution in [0.15, 0.2) is 33.6 Å². The van der Waals surface area contributed by atoms with Gasteiger partial charge in [0, 0.05) is 10.9 Å². The van der Waals surface area contributed by atoms with E-state index in [-0.39, 0.29) is 17.7 Å². The van der Waals surface area contributed by atoms with E-state index in [0.29, 0.717) is 17.3 Å². The topological polar surface area (TPSA) is 110 Å². The Labute approximate surface area is 148 Å². The first-order valence-electron chi connectivity index (χ1n) is 7.42. The highest BCUT2D eigenvalue weighted by molar-refractivity contribution is 9.10. The highest BCUT2D eigenvalue weighted by Crippen LogP contribution is 2.44. The summed E-state index contributed by atoms with van der Waals surface area (Å²) in [7, 11) is -4.12. The Hall–Kier alpha value is -1.45. The lowest BCUT2D eigenvalue weighted by atomic mass is 9.79. The Morgan fingerprint density at radius 1 is 1.17 bits per heavy atom. The lowest BCUT2D eigenvalue weighted by Crippen LogP contribution is -2.33. The number of carboxylic acid groups (broad SMARTS) is 1. The van der Waals surface area contributed by atoms with E-state index in [9.17, 15) is 18.0 Å². The van der Waals surface area contributed by atoms with E-state index >= 15 is 0 Å². The van der Waals surface area contributed by atoms with Crippen LogP contribution in [0.3, 0.4) is 0 Å². The maximum atomic E-state index is 12.0. The normalized spacial score (nSPS) is 16.7. The molecule has 2 N–H and O–H groups in total. The van der Waals surface area contributed by atoms with Gasteiger partial charge in [-0.1, -0.05) is 28.8 Å². The summed E-state index contributed by atoms with van der Waals surface area (Å²) in [5, 5.41) is 9.02. The standard InChI is InChI=1S/C15H18BrNO6S/c16-11-3-5-12(6-4-11)24(21,22)23-17-13(18)9-15(10-14(19)20)7-1-2-8-15/h3-6H,1-2,7-10H2,(H,17,18)(H,19,20). The molecule has 1 aliphatic rings. The third-order valence-electron chi connectivity index (χ3n) is 4.09. The predicted octanol–water partition coefficient (Wildman–Crippen LogP) is 2.61. The van der Waals surface area contributed by atoms with Crippen molar-refractivity contribution in [3.05, 3.63) is 28.7 Å². The fourth-order valence-corrected chi connectivity index (χ4v) is 4.02. The number of hydrogen-bond acceptors (Lipinski definition) is 5. The SMILES string of the molecule is O=C(O)CC1(CC(=O)NOS(=O)(=O)c2ccc(Br)cc2)CCCC1. The summed E-state index contributed by atoms with van der Waals surface area (Å²) in [4.78, 5) is 22.9. The minimum atomic E-state index is -4.12. The lowest BCUT2D eigenvalue weighted by Gasteiger charge is -2.25. The van der Waals surface area contributed by atoms with Crippen molar-refractivity contribution >= 4 is 37.9 Å². The first kappa shape index (κ1) is 18.9. The molecular weight excluding hydrogens is 402 g/mol. The first-order valence-corrected chi connectivity index (χ1v) is 9.62. The van der Waals surface area contributed by atoms with Gasteiger partial charge in [0.25, 0.3) is 0 Å². The Morgan fingerprint density at radius 3 is 2.29 bits per heavy atom. The van der Waals surface area contributed by atoms with Crippen LogP contribution in [-0.2, 0) is 24.0 Å². The van der Waals surface area contributed by atoms with Crippen molar-refractivity contribution in [2.75, 3.05) is 0 Å². The highest BCUT2D eigenvalue weighted by Gasteiger charge is 2.38. The van der Waals surface area contributed by atoms with Gasteiger partial charge in [0.05, 0.1) is 11.3 Å². The second-order valence-corrected chi connectivity index (χ2v) is 8.43. The van der Waals surface area contributed by atoms with Crippen LogP contribution >= 0.6 is 15.9 Å². The van der Waals surface area contributed by atoms with Crippen molar-refractivity contribution in [3.8, 4) is 0 Å². The molecule has 0 heterocycles. The summed E-state index contributed by atoms with van der Waals surface area (Å²) in [5.41, 5.74) is 1.31. The number of carbonyl (C=O) groups is 2. The highest BCUT2D eigenvalue weighted by atomic mass is 79.9. The van der Waals surface area contributed by atoms with E-state index in [1.807, 2.05) is 5.48 Å². The van der Waals surface area contributed by atoms with Gasteiger partial charge in [-0.3, -0.25) is 9.59 Å². The number of aliphatic carboxylic acids is 1. The molecule has 1 fully saturated rings. The fourth-order valence-electron chi connectivity index (χ4n) is 2.99. The maximum absolute atomic E-state index is 12.0. The zero-order valence-corrected chi connectivity index (χ0v) is 15.2. The lowest BCUT2D eigenvalue weighted by molar-refractivity contribution is -0.141. The van der Waals surface area contributed by atoms with Gasteiger partial charge in [0.15, 0.2) is 0 Å². The van der Waals surface area contributed by atoms with Crippen LogP contribution in [0.5, 0.6) is 0 Å². The van der Waals surface area contributed by atoms with Crippen LogP contribution in [0, 0.1) is 5.41 Å². The third kappa shape index (κ3) is 5.02. The minimum absolute atomic E-state index is 0.0742. The number of nitrogens with one attached hydrogen (secondary N) is 1. The average molecular weight is 420 g/mol. The molecule has 0 spiro atoms. The van der Waals surface area contributed by atoms with Crippen LogP contribution < -0.4 is 5.48 Å². The fraction of sp³-hybridized carbons (Fsp3) is 0.467. The average Bonchev–Trinajstić information content (AvgIpc) is 2.93. The number of rotatable bonds is 7. The van der Waals surface area contributed by atoms with E-state index in [0.717, 1.165) is 12.8 Å². The number of halogens is 1. The van der Waals surface area contributed by atoms with Crippen molar-refractivity contribution in [2.45, 2.75) is 43.4 Å². The second-order valence-electron chi connectivity index (χ2n) is 5.97. The second kappa shape index (κ2) is 7.62. The minimum Gasteiger partial charge on any atom is -0.481 e. The molecule has 1 aliphatic carbocycles. The molecule has 0 atom stereocenters. The van der Waals surface area contributed by atoms with E-state index in [4.69, 9.17) is 5.11 Å². The third-order valence-corrected chi connectivity index (χ3v) is 5.77. The molecule has 1 aromatic rings. The van der Waals surface area contributed by atoms with E-state index in [2.05, 4.69) is 20.2 Å². The summed E-state index contributed by atoms with van der Waals surface area (Å²) in [5.74, 6) is -1.60. The van der Waals surface area contributed by atoms with Gasteiger partial charge < -0.3 is 5.11 Å². The van der Waals surface area contributed by atoms with Gasteiger partial charge in [0.2, 0.25) is 5.91 Å². The van der Waals surface area contributed by atoms with Crippen molar-refractivity contribution in [2.24, 2.45) is 5.41 Å². The number of carboxylic acids is 1. The molecule has 0 aromatic heterocycles. The number of hydrogen-bond donors (Lipinski definition) is 2. The van der Waals surface area contributed by atoms with E-state index in [1.165, 1.54) is 12.1 Å². The summed E-state index contributed by atoms with van der Waals surface area (Å²) in [6.07, 6.45) is 2.80. The Balaban J connectivity index is 1.96. The largest absolute Gasteiger partial charge is 0.481 e. The van der Waals surface area contributed by atoms with E-state index < -0.39 is 27.4 Å². The maximum Gasteiger partial charge on any atom is 0.317 e. The Morgan fingerprint density at radius 2 is 1.75 bits per heavy atom. The molecule has 0 radical (unpaired) electrons. The summed E-state index contributed by atoms with van der Waals surface area (Å²) in [6, 6.07) is 5.76. The van der Waals surface area contributed by atoms with Crippen LogP contribution in [0.1, 0.15) is 38.5 Å². The van der Waals surface area contributed by atoms with Crippen LogP contribution in [0.4, 0.5) is 0 Å². The summed E-state index contributed by atoms with van der Waals surface area (Å²) in [6.45, 7) is 0. The molecule has 0 unspecified atom stereocenters. The van der Waals surface area contributed by atoms with Crippen molar-refractivity contribution in [3.63, 3.8) is 0 Å². The number of carbonyl (C=O) groups excluding carboxylic acids is 1. The van der Waals surface area contributed by atoms with Gasteiger partial charge >= 0.3 is 16.1 Å². The van der Waals surface area contributed by atoms with Gasteiger partial charge in [-0.05, 0) is 42.5 Å². The van der Waals surface area contributed by atoms with Crippen molar-refractivity contribution in [1.29, 1.82) is 0 Å². The zero-order chi connectivity index (χ0) is 17.8. The smallest absolute Gasteiger partial charge is 0.317 e. The van der Waals surface area contributed by atoms with Gasteiger partial charge in [-0.2, -0.15) is 8.42 Å². The molecule has 1 saturated carbocycles. The zero-order valence-electron chi connectivity index (χ0n) is 12.8. The molecule has 0 saturated heterocycles. The molecule has 2 rings (SSSR count). The Bertz CT molecular complexity index is 710. The van der Waals surface area contributed by atoms with Crippen molar-refractivity contribution in [1.82, 2.24) is 5.48 Å². The predicted molar refractivity (Wildman–Crippen MR) is 88.3 cm³/mol. The summed E-state index contributed by atoms with van der Waals surface area (Å²) < 4.78 is 29.3. The van der Waals surface area contributed by atoms with Gasteiger partial charge in [-0.25, -0.2) is 5.48 Å². The molecule has 9 heteroatoms. The van der Waals surface area contributed by atoms with Crippen LogP contribution in [0.2, 0.25) is 0 Å². The molecular formula is C15H18BrNO6S. The Kier molecular flexibility index (Phi) is 6.00. The van der Waals surface area contributed by atoms with E-state index in [1.54, 1.807) is 12.1 Å². The molecule has 132 valence electrons. The van der Waals surface area contributed by atoms with Crippen LogP contribution in [0.25, 0.3) is 0 Å². The molecule has 0 bridgehead atoms. The van der Waals surface area contributed by atoms with Gasteiger partial charge in [0.1, 0.15) is 0 Å². The quantitative estimate of drug-likeness (QED) is 0.657. The number of amides is 1. The molecule has 1 aromatic carbocycles. The summed E-state index contributed by atoms with van der Waals surface area (Å²) >= 11 is 3.20.